The van der Waals surface area contributed by atoms with Crippen molar-refractivity contribution < 1.29 is 14.3 Å². The number of ether oxygens (including phenoxy) is 2. The predicted octanol–water partition coefficient (Wildman–Crippen LogP) is 3.70. The first kappa shape index (κ1) is 27.9. The Balaban J connectivity index is 0.00000385. The number of rotatable bonds is 9. The molecule has 1 aliphatic carbocycles. The monoisotopic (exact) mass is 572 g/mol. The summed E-state index contributed by atoms with van der Waals surface area (Å²) in [5.74, 6) is 0.977. The van der Waals surface area contributed by atoms with Crippen LogP contribution in [0.2, 0.25) is 0 Å². The van der Waals surface area contributed by atoms with E-state index in [0.717, 1.165) is 69.8 Å². The molecule has 1 saturated heterocycles. The van der Waals surface area contributed by atoms with E-state index in [1.165, 1.54) is 5.56 Å². The molecule has 0 bridgehead atoms. The first-order valence-corrected chi connectivity index (χ1v) is 12.0. The molecule has 1 aliphatic heterocycles. The van der Waals surface area contributed by atoms with Gasteiger partial charge in [-0.15, -0.1) is 24.0 Å². The number of amides is 1. The Labute approximate surface area is 216 Å². The molecule has 2 fully saturated rings. The Hall–Kier alpha value is -1.39. The fraction of sp³-hybridized carbons (Fsp3) is 0.680. The summed E-state index contributed by atoms with van der Waals surface area (Å²) in [7, 11) is 3.70. The summed E-state index contributed by atoms with van der Waals surface area (Å²) in [6.07, 6.45) is 6.33. The minimum atomic E-state index is -0.318. The van der Waals surface area contributed by atoms with Gasteiger partial charge in [-0.2, -0.15) is 0 Å². The molecule has 0 aromatic heterocycles. The number of halogens is 1. The van der Waals surface area contributed by atoms with Crippen molar-refractivity contribution in [2.75, 3.05) is 40.4 Å². The normalized spacial score (nSPS) is 18.5. The van der Waals surface area contributed by atoms with Crippen LogP contribution in [0.1, 0.15) is 56.6 Å². The van der Waals surface area contributed by atoms with Crippen LogP contribution in [0.4, 0.5) is 0 Å². The SMILES string of the molecule is CCNC(=NCc1cccc(COC2CCOCC2)c1)NCC1(C(=O)N(C)C)CCCC1.I. The number of carbonyl (C=O) groups excluding carboxylic acids is 1. The lowest BCUT2D eigenvalue weighted by molar-refractivity contribution is -0.138. The first-order valence-electron chi connectivity index (χ1n) is 12.0. The molecule has 7 nitrogen and oxygen atoms in total. The van der Waals surface area contributed by atoms with Gasteiger partial charge >= 0.3 is 0 Å². The molecular formula is C25H41IN4O3. The van der Waals surface area contributed by atoms with Gasteiger partial charge in [-0.05, 0) is 43.7 Å². The van der Waals surface area contributed by atoms with Gasteiger partial charge < -0.3 is 25.0 Å². The topological polar surface area (TPSA) is 75.2 Å². The molecule has 3 rings (SSSR count). The highest BCUT2D eigenvalue weighted by atomic mass is 127. The fourth-order valence-corrected chi connectivity index (χ4v) is 4.63. The summed E-state index contributed by atoms with van der Waals surface area (Å²) < 4.78 is 11.5. The average Bonchev–Trinajstić information content (AvgIpc) is 3.30. The van der Waals surface area contributed by atoms with Gasteiger partial charge in [0, 0.05) is 40.4 Å². The molecule has 0 spiro atoms. The zero-order valence-electron chi connectivity index (χ0n) is 20.4. The molecule has 33 heavy (non-hydrogen) atoms. The highest BCUT2D eigenvalue weighted by molar-refractivity contribution is 14.0. The van der Waals surface area contributed by atoms with Gasteiger partial charge in [0.05, 0.1) is 24.7 Å². The van der Waals surface area contributed by atoms with Crippen LogP contribution in [0.3, 0.4) is 0 Å². The van der Waals surface area contributed by atoms with Crippen LogP contribution in [0.5, 0.6) is 0 Å². The number of nitrogens with zero attached hydrogens (tertiary/aromatic N) is 2. The zero-order chi connectivity index (χ0) is 22.8. The van der Waals surface area contributed by atoms with Crippen LogP contribution >= 0.6 is 24.0 Å². The lowest BCUT2D eigenvalue weighted by Gasteiger charge is -2.31. The molecule has 0 radical (unpaired) electrons. The fourth-order valence-electron chi connectivity index (χ4n) is 4.63. The smallest absolute Gasteiger partial charge is 0.230 e. The maximum Gasteiger partial charge on any atom is 0.230 e. The highest BCUT2D eigenvalue weighted by Gasteiger charge is 2.42. The molecule has 1 amide bonds. The summed E-state index contributed by atoms with van der Waals surface area (Å²) in [6, 6.07) is 8.43. The molecule has 186 valence electrons. The molecular weight excluding hydrogens is 531 g/mol. The highest BCUT2D eigenvalue weighted by Crippen LogP contribution is 2.38. The number of hydrogen-bond donors (Lipinski definition) is 2. The number of aliphatic imine (C=N–C) groups is 1. The molecule has 2 aliphatic rings. The van der Waals surface area contributed by atoms with E-state index in [2.05, 4.69) is 41.8 Å². The lowest BCUT2D eigenvalue weighted by Crippen LogP contribution is -2.49. The van der Waals surface area contributed by atoms with Gasteiger partial charge in [0.25, 0.3) is 0 Å². The van der Waals surface area contributed by atoms with Crippen molar-refractivity contribution in [2.45, 2.75) is 64.7 Å². The minimum Gasteiger partial charge on any atom is -0.381 e. The van der Waals surface area contributed by atoms with Crippen molar-refractivity contribution in [1.82, 2.24) is 15.5 Å². The Kier molecular flexibility index (Phi) is 11.9. The molecule has 0 unspecified atom stereocenters. The average molecular weight is 573 g/mol. The molecule has 8 heteroatoms. The van der Waals surface area contributed by atoms with Crippen LogP contribution in [0.25, 0.3) is 0 Å². The minimum absolute atomic E-state index is 0. The van der Waals surface area contributed by atoms with Crippen molar-refractivity contribution in [3.05, 3.63) is 35.4 Å². The third-order valence-electron chi connectivity index (χ3n) is 6.42. The maximum absolute atomic E-state index is 12.8. The molecule has 1 aromatic carbocycles. The van der Waals surface area contributed by atoms with Crippen LogP contribution in [0, 0.1) is 5.41 Å². The first-order chi connectivity index (χ1) is 15.5. The van der Waals surface area contributed by atoms with Crippen molar-refractivity contribution in [3.63, 3.8) is 0 Å². The van der Waals surface area contributed by atoms with Crippen LogP contribution < -0.4 is 10.6 Å². The summed E-state index contributed by atoms with van der Waals surface area (Å²) in [5.41, 5.74) is 2.00. The van der Waals surface area contributed by atoms with Crippen LogP contribution in [0.15, 0.2) is 29.3 Å². The van der Waals surface area contributed by atoms with E-state index < -0.39 is 0 Å². The van der Waals surface area contributed by atoms with Gasteiger partial charge in [0.1, 0.15) is 0 Å². The second kappa shape index (κ2) is 14.1. The third kappa shape index (κ3) is 8.40. The molecule has 0 atom stereocenters. The second-order valence-electron chi connectivity index (χ2n) is 9.18. The maximum atomic E-state index is 12.8. The zero-order valence-corrected chi connectivity index (χ0v) is 22.7. The Morgan fingerprint density at radius 3 is 2.55 bits per heavy atom. The summed E-state index contributed by atoms with van der Waals surface area (Å²) in [4.78, 5) is 19.3. The van der Waals surface area contributed by atoms with E-state index in [4.69, 9.17) is 14.5 Å². The standard InChI is InChI=1S/C25H40N4O3.HI/c1-4-26-24(28-19-25(12-5-6-13-25)23(30)29(2)3)27-17-20-8-7-9-21(16-20)18-32-22-10-14-31-15-11-22;/h7-9,16,22H,4-6,10-15,17-19H2,1-3H3,(H2,26,27,28);1H. The molecule has 1 saturated carbocycles. The summed E-state index contributed by atoms with van der Waals surface area (Å²) in [5, 5.41) is 6.77. The van der Waals surface area contributed by atoms with Crippen LogP contribution in [-0.4, -0.2) is 63.3 Å². The van der Waals surface area contributed by atoms with Gasteiger partial charge in [-0.25, -0.2) is 4.99 Å². The van der Waals surface area contributed by atoms with Gasteiger partial charge in [0.15, 0.2) is 5.96 Å². The molecule has 2 N–H and O–H groups in total. The number of carbonyl (C=O) groups is 1. The van der Waals surface area contributed by atoms with Crippen molar-refractivity contribution >= 4 is 35.8 Å². The third-order valence-corrected chi connectivity index (χ3v) is 6.42. The van der Waals surface area contributed by atoms with Crippen molar-refractivity contribution in [1.29, 1.82) is 0 Å². The molecule has 1 heterocycles. The quantitative estimate of drug-likeness (QED) is 0.268. The number of guanidine groups is 1. The van der Waals surface area contributed by atoms with Crippen LogP contribution in [-0.2, 0) is 27.4 Å². The number of nitrogens with one attached hydrogen (secondary N) is 2. The van der Waals surface area contributed by atoms with E-state index in [1.54, 1.807) is 4.90 Å². The summed E-state index contributed by atoms with van der Waals surface area (Å²) >= 11 is 0. The number of hydrogen-bond acceptors (Lipinski definition) is 4. The van der Waals surface area contributed by atoms with E-state index >= 15 is 0 Å². The largest absolute Gasteiger partial charge is 0.381 e. The van der Waals surface area contributed by atoms with Gasteiger partial charge in [-0.1, -0.05) is 37.1 Å². The van der Waals surface area contributed by atoms with Crippen molar-refractivity contribution in [2.24, 2.45) is 10.4 Å². The Morgan fingerprint density at radius 2 is 1.88 bits per heavy atom. The van der Waals surface area contributed by atoms with Gasteiger partial charge in [-0.3, -0.25) is 4.79 Å². The second-order valence-corrected chi connectivity index (χ2v) is 9.18. The van der Waals surface area contributed by atoms with E-state index in [9.17, 15) is 4.79 Å². The number of benzene rings is 1. The summed E-state index contributed by atoms with van der Waals surface area (Å²) in [6.45, 7) is 6.24. The van der Waals surface area contributed by atoms with Gasteiger partial charge in [0.2, 0.25) is 5.91 Å². The van der Waals surface area contributed by atoms with E-state index in [1.807, 2.05) is 14.1 Å². The predicted molar refractivity (Wildman–Crippen MR) is 143 cm³/mol. The Morgan fingerprint density at radius 1 is 1.18 bits per heavy atom. The van der Waals surface area contributed by atoms with E-state index in [0.29, 0.717) is 25.8 Å². The Bertz CT molecular complexity index is 760. The van der Waals surface area contributed by atoms with E-state index in [-0.39, 0.29) is 35.3 Å². The lowest BCUT2D eigenvalue weighted by atomic mass is 9.84. The molecule has 1 aromatic rings. The van der Waals surface area contributed by atoms with Crippen molar-refractivity contribution in [3.8, 4) is 0 Å².